The summed E-state index contributed by atoms with van der Waals surface area (Å²) in [6.07, 6.45) is 7.03. The fraction of sp³-hybridized carbons (Fsp3) is 0.944. The van der Waals surface area contributed by atoms with Crippen molar-refractivity contribution < 1.29 is 4.74 Å². The van der Waals surface area contributed by atoms with Gasteiger partial charge in [0.2, 0.25) is 0 Å². The van der Waals surface area contributed by atoms with Crippen LogP contribution in [0.4, 0.5) is 0 Å². The molecule has 4 fully saturated rings. The number of guanidine groups is 1. The van der Waals surface area contributed by atoms with E-state index in [0.29, 0.717) is 5.41 Å². The molecule has 2 saturated heterocycles. The Labute approximate surface area is 163 Å². The van der Waals surface area contributed by atoms with Gasteiger partial charge >= 0.3 is 0 Å². The highest BCUT2D eigenvalue weighted by Gasteiger charge is 2.53. The summed E-state index contributed by atoms with van der Waals surface area (Å²) in [6.45, 7) is 8.80. The Hall–Kier alpha value is -0.0800. The zero-order chi connectivity index (χ0) is 15.7. The van der Waals surface area contributed by atoms with Gasteiger partial charge in [-0.15, -0.1) is 24.0 Å². The van der Waals surface area contributed by atoms with Gasteiger partial charge in [-0.25, -0.2) is 0 Å². The third kappa shape index (κ3) is 4.36. The van der Waals surface area contributed by atoms with Crippen molar-refractivity contribution in [1.82, 2.24) is 15.1 Å². The molecule has 24 heavy (non-hydrogen) atoms. The summed E-state index contributed by atoms with van der Waals surface area (Å²) in [7, 11) is 1.93. The number of nitrogens with zero attached hydrogens (tertiary/aromatic N) is 3. The van der Waals surface area contributed by atoms with E-state index in [2.05, 4.69) is 20.1 Å². The first-order valence-corrected chi connectivity index (χ1v) is 9.55. The molecule has 0 aromatic heterocycles. The smallest absolute Gasteiger partial charge is 0.193 e. The maximum Gasteiger partial charge on any atom is 0.193 e. The minimum atomic E-state index is 0. The largest absolute Gasteiger partial charge is 0.381 e. The standard InChI is InChI=1S/C18H32N4O.HI/c1-19-17(20-14-18(5-6-18)16-2-3-16)22-9-7-21(8-10-22)12-15-4-11-23-13-15;/h15-16H,2-14H2,1H3,(H,19,20);1H. The number of ether oxygens (including phenoxy) is 1. The molecule has 0 spiro atoms. The summed E-state index contributed by atoms with van der Waals surface area (Å²) in [6, 6.07) is 0. The van der Waals surface area contributed by atoms with Crippen molar-refractivity contribution in [2.45, 2.75) is 32.1 Å². The van der Waals surface area contributed by atoms with Crippen molar-refractivity contribution in [3.63, 3.8) is 0 Å². The molecule has 4 rings (SSSR count). The SMILES string of the molecule is CN=C(NCC1(C2CC2)CC1)N1CCN(CC2CCOC2)CC1.I. The predicted molar refractivity (Wildman–Crippen MR) is 108 cm³/mol. The maximum atomic E-state index is 5.50. The van der Waals surface area contributed by atoms with E-state index < -0.39 is 0 Å². The van der Waals surface area contributed by atoms with Gasteiger partial charge < -0.3 is 15.0 Å². The van der Waals surface area contributed by atoms with Crippen molar-refractivity contribution in [3.8, 4) is 0 Å². The summed E-state index contributed by atoms with van der Waals surface area (Å²) < 4.78 is 5.50. The topological polar surface area (TPSA) is 40.1 Å². The van der Waals surface area contributed by atoms with E-state index in [9.17, 15) is 0 Å². The normalized spacial score (nSPS) is 30.1. The first-order chi connectivity index (χ1) is 11.3. The minimum absolute atomic E-state index is 0. The van der Waals surface area contributed by atoms with Crippen LogP contribution in [0, 0.1) is 17.3 Å². The van der Waals surface area contributed by atoms with Crippen LogP contribution in [0.15, 0.2) is 4.99 Å². The van der Waals surface area contributed by atoms with Gasteiger partial charge in [0.1, 0.15) is 0 Å². The zero-order valence-corrected chi connectivity index (χ0v) is 17.3. The van der Waals surface area contributed by atoms with Crippen LogP contribution in [0.2, 0.25) is 0 Å². The highest BCUT2D eigenvalue weighted by molar-refractivity contribution is 14.0. The molecule has 0 amide bonds. The van der Waals surface area contributed by atoms with Crippen LogP contribution in [0.25, 0.3) is 0 Å². The molecule has 0 aromatic carbocycles. The lowest BCUT2D eigenvalue weighted by atomic mass is 10.0. The van der Waals surface area contributed by atoms with Crippen LogP contribution in [-0.2, 0) is 4.74 Å². The third-order valence-electron chi connectivity index (χ3n) is 6.36. The van der Waals surface area contributed by atoms with Crippen LogP contribution in [0.3, 0.4) is 0 Å². The molecule has 2 saturated carbocycles. The molecule has 138 valence electrons. The quantitative estimate of drug-likeness (QED) is 0.397. The van der Waals surface area contributed by atoms with Gasteiger partial charge in [0.05, 0.1) is 6.61 Å². The molecule has 1 unspecified atom stereocenters. The first kappa shape index (κ1) is 18.7. The van der Waals surface area contributed by atoms with E-state index >= 15 is 0 Å². The van der Waals surface area contributed by atoms with Crippen LogP contribution >= 0.6 is 24.0 Å². The van der Waals surface area contributed by atoms with E-state index in [-0.39, 0.29) is 24.0 Å². The summed E-state index contributed by atoms with van der Waals surface area (Å²) in [5.41, 5.74) is 0.639. The molecule has 2 aliphatic heterocycles. The van der Waals surface area contributed by atoms with E-state index in [1.165, 1.54) is 38.6 Å². The van der Waals surface area contributed by atoms with E-state index in [0.717, 1.165) is 63.7 Å². The lowest BCUT2D eigenvalue weighted by molar-refractivity contribution is 0.139. The Balaban J connectivity index is 0.00000169. The summed E-state index contributed by atoms with van der Waals surface area (Å²) >= 11 is 0. The van der Waals surface area contributed by atoms with E-state index in [4.69, 9.17) is 4.74 Å². The number of nitrogens with one attached hydrogen (secondary N) is 1. The van der Waals surface area contributed by atoms with Gasteiger partial charge in [-0.05, 0) is 49.4 Å². The van der Waals surface area contributed by atoms with Gasteiger partial charge in [-0.2, -0.15) is 0 Å². The fourth-order valence-electron chi connectivity index (χ4n) is 4.41. The van der Waals surface area contributed by atoms with Crippen molar-refractivity contribution in [3.05, 3.63) is 0 Å². The Bertz CT molecular complexity index is 436. The number of hydrogen-bond donors (Lipinski definition) is 1. The molecule has 1 N–H and O–H groups in total. The van der Waals surface area contributed by atoms with Gasteiger partial charge in [-0.1, -0.05) is 0 Å². The Kier molecular flexibility index (Phi) is 6.30. The average molecular weight is 448 g/mol. The minimum Gasteiger partial charge on any atom is -0.381 e. The average Bonchev–Trinajstić information content (AvgIpc) is 3.49. The first-order valence-electron chi connectivity index (χ1n) is 9.55. The second kappa shape index (κ2) is 8.08. The lowest BCUT2D eigenvalue weighted by Gasteiger charge is -2.37. The second-order valence-electron chi connectivity index (χ2n) is 8.05. The number of hydrogen-bond acceptors (Lipinski definition) is 3. The lowest BCUT2D eigenvalue weighted by Crippen LogP contribution is -2.53. The highest BCUT2D eigenvalue weighted by atomic mass is 127. The van der Waals surface area contributed by atoms with Crippen LogP contribution < -0.4 is 5.32 Å². The maximum absolute atomic E-state index is 5.50. The number of aliphatic imine (C=N–C) groups is 1. The molecule has 4 aliphatic rings. The van der Waals surface area contributed by atoms with E-state index in [1.807, 2.05) is 7.05 Å². The van der Waals surface area contributed by atoms with Crippen molar-refractivity contribution >= 4 is 29.9 Å². The monoisotopic (exact) mass is 448 g/mol. The van der Waals surface area contributed by atoms with Crippen LogP contribution in [-0.4, -0.2) is 75.3 Å². The van der Waals surface area contributed by atoms with E-state index in [1.54, 1.807) is 0 Å². The van der Waals surface area contributed by atoms with Crippen molar-refractivity contribution in [2.75, 3.05) is 59.5 Å². The van der Waals surface area contributed by atoms with Crippen LogP contribution in [0.1, 0.15) is 32.1 Å². The Morgan fingerprint density at radius 2 is 1.92 bits per heavy atom. The van der Waals surface area contributed by atoms with Crippen molar-refractivity contribution in [1.29, 1.82) is 0 Å². The molecule has 0 bridgehead atoms. The van der Waals surface area contributed by atoms with Gasteiger partial charge in [0, 0.05) is 52.9 Å². The fourth-order valence-corrected chi connectivity index (χ4v) is 4.41. The molecule has 2 aliphatic carbocycles. The molecule has 6 heteroatoms. The Morgan fingerprint density at radius 1 is 1.17 bits per heavy atom. The molecule has 1 atom stereocenters. The second-order valence-corrected chi connectivity index (χ2v) is 8.05. The summed E-state index contributed by atoms with van der Waals surface area (Å²) in [5.74, 6) is 2.90. The molecular weight excluding hydrogens is 415 g/mol. The number of rotatable bonds is 5. The zero-order valence-electron chi connectivity index (χ0n) is 15.0. The number of piperazine rings is 1. The van der Waals surface area contributed by atoms with Gasteiger partial charge in [0.15, 0.2) is 5.96 Å². The molecule has 0 radical (unpaired) electrons. The third-order valence-corrected chi connectivity index (χ3v) is 6.36. The predicted octanol–water partition coefficient (Wildman–Crippen LogP) is 2.02. The number of halogens is 1. The van der Waals surface area contributed by atoms with Gasteiger partial charge in [0.25, 0.3) is 0 Å². The van der Waals surface area contributed by atoms with Gasteiger partial charge in [-0.3, -0.25) is 9.89 Å². The van der Waals surface area contributed by atoms with Crippen LogP contribution in [0.5, 0.6) is 0 Å². The molecule has 5 nitrogen and oxygen atoms in total. The Morgan fingerprint density at radius 3 is 2.46 bits per heavy atom. The highest BCUT2D eigenvalue weighted by Crippen LogP contribution is 2.60. The molecule has 0 aromatic rings. The summed E-state index contributed by atoms with van der Waals surface area (Å²) in [4.78, 5) is 9.60. The molecule has 2 heterocycles. The molecular formula is C18H33IN4O. The van der Waals surface area contributed by atoms with Crippen molar-refractivity contribution in [2.24, 2.45) is 22.2 Å². The summed E-state index contributed by atoms with van der Waals surface area (Å²) in [5, 5.41) is 3.69.